The first-order valence-electron chi connectivity index (χ1n) is 13.0. The maximum atomic E-state index is 12.6. The average Bonchev–Trinajstić information content (AvgIpc) is 3.02. The zero-order valence-corrected chi connectivity index (χ0v) is 42.1. The monoisotopic (exact) mass is 940 g/mol. The minimum Gasteiger partial charge on any atom is -0.744 e. The fourth-order valence-electron chi connectivity index (χ4n) is 3.66. The molecule has 0 unspecified atom stereocenters. The second-order valence-electron chi connectivity index (χ2n) is 9.40. The van der Waals surface area contributed by atoms with Crippen molar-refractivity contribution in [1.29, 1.82) is 0 Å². The zero-order valence-electron chi connectivity index (χ0n) is 29.2. The molecule has 0 amide bonds. The third-order valence-corrected chi connectivity index (χ3v) is 11.9. The maximum absolute atomic E-state index is 12.6. The molecule has 0 saturated heterocycles. The summed E-state index contributed by atoms with van der Waals surface area (Å²) in [5.74, 6) is -1.67. The molecule has 286 valence electrons. The Morgan fingerprint density at radius 2 is 1.12 bits per heavy atom. The van der Waals surface area contributed by atoms with E-state index in [9.17, 15) is 61.0 Å². The minimum absolute atomic E-state index is 0. The van der Waals surface area contributed by atoms with E-state index >= 15 is 0 Å². The van der Waals surface area contributed by atoms with Crippen molar-refractivity contribution < 1.29 is 197 Å². The number of nitrogens with two attached hydrogens (primary N) is 2. The van der Waals surface area contributed by atoms with Crippen molar-refractivity contribution in [2.24, 2.45) is 20.5 Å². The number of anilines is 2. The Hall–Kier alpha value is 0.240. The van der Waals surface area contributed by atoms with Gasteiger partial charge in [-0.15, -0.1) is 19.7 Å². The largest absolute Gasteiger partial charge is 1.00 e. The van der Waals surface area contributed by atoms with Gasteiger partial charge in [-0.05, 0) is 48.5 Å². The van der Waals surface area contributed by atoms with Crippen molar-refractivity contribution in [2.75, 3.05) is 36.2 Å². The van der Waals surface area contributed by atoms with E-state index in [0.717, 1.165) is 36.4 Å². The van der Waals surface area contributed by atoms with E-state index < -0.39 is 118 Å². The Morgan fingerprint density at radius 1 is 0.607 bits per heavy atom. The number of sulfone groups is 2. The van der Waals surface area contributed by atoms with E-state index in [2.05, 4.69) is 38.2 Å². The zero-order chi connectivity index (χ0) is 39.1. The van der Waals surface area contributed by atoms with Gasteiger partial charge in [0.2, 0.25) is 10.4 Å². The average molecular weight is 941 g/mol. The van der Waals surface area contributed by atoms with Gasteiger partial charge in [-0.1, -0.05) is 0 Å². The fourth-order valence-corrected chi connectivity index (χ4v) is 7.90. The Labute approximate surface area is 412 Å². The summed E-state index contributed by atoms with van der Waals surface area (Å²) in [6.07, 6.45) is 0. The number of nitrogens with zero attached hydrogens (tertiary/aromatic N) is 4. The number of rotatable bonds is 18. The number of hydrogen-bond donors (Lipinski definition) is 2. The Morgan fingerprint density at radius 3 is 1.66 bits per heavy atom. The number of azo groups is 2. The van der Waals surface area contributed by atoms with Gasteiger partial charge in [0.15, 0.2) is 32.0 Å². The summed E-state index contributed by atoms with van der Waals surface area (Å²) in [6, 6.07) is 6.78. The van der Waals surface area contributed by atoms with Gasteiger partial charge in [-0.25, -0.2) is 42.1 Å². The molecule has 0 aliphatic carbocycles. The van der Waals surface area contributed by atoms with Gasteiger partial charge in [0.05, 0.1) is 61.4 Å². The van der Waals surface area contributed by atoms with E-state index in [0.29, 0.717) is 12.1 Å². The predicted molar refractivity (Wildman–Crippen MR) is 168 cm³/mol. The summed E-state index contributed by atoms with van der Waals surface area (Å²) in [6.45, 7) is -1.54. The summed E-state index contributed by atoms with van der Waals surface area (Å²) in [4.78, 5) is -3.37. The summed E-state index contributed by atoms with van der Waals surface area (Å²) < 4.78 is 166. The van der Waals surface area contributed by atoms with Crippen LogP contribution in [0.5, 0.6) is 0 Å². The van der Waals surface area contributed by atoms with Crippen LogP contribution in [0.1, 0.15) is 0 Å². The Balaban J connectivity index is 0. The SMILES string of the molecule is Nc1c(N=Nc2ccc(S(=O)(=O)CCOSOO[O-])cc2S(=O)(=O)[O-])cc(S(=O)(=O)[O-])c(N)c1N=Nc1ccc(S(=O)(=O)CCOS(=O)(=O)[O-])cc1.[Na+].[Na+].[Na+].[Na+]. The van der Waals surface area contributed by atoms with Gasteiger partial charge in [-0.3, -0.25) is 13.4 Å². The normalized spacial score (nSPS) is 12.4. The van der Waals surface area contributed by atoms with E-state index in [1.54, 1.807) is 0 Å². The van der Waals surface area contributed by atoms with Crippen LogP contribution in [0.4, 0.5) is 34.1 Å². The van der Waals surface area contributed by atoms with Gasteiger partial charge in [0.25, 0.3) is 0 Å². The van der Waals surface area contributed by atoms with E-state index in [4.69, 9.17) is 11.5 Å². The van der Waals surface area contributed by atoms with E-state index in [1.807, 2.05) is 0 Å². The fraction of sp³-hybridized carbons (Fsp3) is 0.182. The van der Waals surface area contributed by atoms with Crippen molar-refractivity contribution >= 4 is 96.8 Å². The molecule has 0 heterocycles. The molecule has 0 spiro atoms. The van der Waals surface area contributed by atoms with Gasteiger partial charge in [0.1, 0.15) is 37.3 Å². The molecule has 3 rings (SSSR count). The number of hydrogen-bond acceptors (Lipinski definition) is 25. The summed E-state index contributed by atoms with van der Waals surface area (Å²) in [5, 5.41) is 27.4. The molecule has 34 heteroatoms. The third kappa shape index (κ3) is 17.7. The molecule has 0 saturated carbocycles. The van der Waals surface area contributed by atoms with Crippen LogP contribution in [-0.4, -0.2) is 80.5 Å². The summed E-state index contributed by atoms with van der Waals surface area (Å²) >= 11 is 0.00889. The predicted octanol–water partition coefficient (Wildman–Crippen LogP) is -11.7. The maximum Gasteiger partial charge on any atom is 1.00 e. The van der Waals surface area contributed by atoms with Crippen molar-refractivity contribution in [3.05, 3.63) is 48.5 Å². The molecule has 0 aliphatic heterocycles. The number of nitrogen functional groups attached to an aromatic ring is 2. The molecule has 3 aromatic carbocycles. The molecule has 3 aromatic rings. The standard InChI is InChI=1S/C22H24N6O18S6.4Na/c23-20-17(27-26-16-6-5-15(11-18(16)50(34,35)36)49(32,33)9-7-43-47-46-45-29)12-19(51(37,38)39)21(24)22(20)28-25-13-1-3-14(4-2-13)48(30,31)10-8-44-52(40,41)42;;;;/h1-6,11-12,29H,7-10,23-24H2,(H,34,35,36)(H,37,38,39)(H,40,41,42);;;;/q;4*+1/p-4. The molecule has 0 bridgehead atoms. The summed E-state index contributed by atoms with van der Waals surface area (Å²) in [7, 11) is -24.4. The Kier molecular flexibility index (Phi) is 25.6. The topological polar surface area (TPSA) is 401 Å². The summed E-state index contributed by atoms with van der Waals surface area (Å²) in [5.41, 5.74) is 8.19. The third-order valence-electron chi connectivity index (χ3n) is 5.99. The molecule has 0 aromatic heterocycles. The first-order chi connectivity index (χ1) is 24.0. The van der Waals surface area contributed by atoms with Gasteiger partial charge < -0.3 is 30.4 Å². The van der Waals surface area contributed by atoms with Crippen LogP contribution in [0.3, 0.4) is 0 Å². The van der Waals surface area contributed by atoms with Crippen LogP contribution in [0.15, 0.2) is 88.6 Å². The molecule has 4 N–H and O–H groups in total. The van der Waals surface area contributed by atoms with Crippen LogP contribution < -0.4 is 135 Å². The van der Waals surface area contributed by atoms with Gasteiger partial charge in [0, 0.05) is 0 Å². The molecule has 0 fully saturated rings. The smallest absolute Gasteiger partial charge is 0.744 e. The molecule has 0 atom stereocenters. The second-order valence-corrected chi connectivity index (χ2v) is 17.9. The van der Waals surface area contributed by atoms with Crippen molar-refractivity contribution in [1.82, 2.24) is 0 Å². The van der Waals surface area contributed by atoms with Crippen molar-refractivity contribution in [3.63, 3.8) is 0 Å². The molecule has 0 aliphatic rings. The van der Waals surface area contributed by atoms with Crippen LogP contribution in [0.2, 0.25) is 0 Å². The van der Waals surface area contributed by atoms with E-state index in [1.165, 1.54) is 0 Å². The molecular formula is C22H20N6Na4O18S6. The molecule has 24 nitrogen and oxygen atoms in total. The quantitative estimate of drug-likeness (QED) is 0.0138. The van der Waals surface area contributed by atoms with Crippen molar-refractivity contribution in [3.8, 4) is 0 Å². The minimum atomic E-state index is -5.46. The molecule has 56 heavy (non-hydrogen) atoms. The second kappa shape index (κ2) is 24.6. The van der Waals surface area contributed by atoms with Crippen LogP contribution in [-0.2, 0) is 68.0 Å². The number of benzene rings is 3. The first kappa shape index (κ1) is 58.3. The Bertz CT molecular complexity index is 2440. The van der Waals surface area contributed by atoms with Crippen LogP contribution in [0.25, 0.3) is 0 Å². The first-order valence-corrected chi connectivity index (χ1v) is 21.1. The molecule has 0 radical (unpaired) electrons. The van der Waals surface area contributed by atoms with Crippen LogP contribution >= 0.6 is 12.3 Å². The van der Waals surface area contributed by atoms with Gasteiger partial charge in [-0.2, -0.15) is 5.11 Å². The van der Waals surface area contributed by atoms with Crippen molar-refractivity contribution in [2.45, 2.75) is 19.6 Å². The van der Waals surface area contributed by atoms with Crippen LogP contribution in [0, 0.1) is 0 Å². The molecular weight excluding hydrogens is 921 g/mol. The van der Waals surface area contributed by atoms with E-state index in [-0.39, 0.29) is 141 Å². The van der Waals surface area contributed by atoms with Gasteiger partial charge >= 0.3 is 118 Å².